The van der Waals surface area contributed by atoms with Gasteiger partial charge in [0, 0.05) is 32.7 Å². The van der Waals surface area contributed by atoms with Crippen molar-refractivity contribution >= 4 is 5.91 Å². The lowest BCUT2D eigenvalue weighted by Crippen LogP contribution is -2.55. The first-order chi connectivity index (χ1) is 9.99. The summed E-state index contributed by atoms with van der Waals surface area (Å²) in [5.41, 5.74) is 0.0692. The SMILES string of the molecule is CN1CCN(CCCNC(=O)C2NCCCC2(C)C)CC1. The van der Waals surface area contributed by atoms with Crippen molar-refractivity contribution in [3.63, 3.8) is 0 Å². The Balaban J connectivity index is 1.63. The number of rotatable bonds is 5. The summed E-state index contributed by atoms with van der Waals surface area (Å²) in [6, 6.07) is -0.0325. The molecule has 2 rings (SSSR count). The van der Waals surface area contributed by atoms with Crippen molar-refractivity contribution in [2.75, 3.05) is 52.9 Å². The largest absolute Gasteiger partial charge is 0.355 e. The Kier molecular flexibility index (Phi) is 6.02. The van der Waals surface area contributed by atoms with E-state index in [4.69, 9.17) is 0 Å². The molecule has 122 valence electrons. The minimum Gasteiger partial charge on any atom is -0.355 e. The first-order valence-electron chi connectivity index (χ1n) is 8.41. The maximum Gasteiger partial charge on any atom is 0.237 e. The third-order valence-electron chi connectivity index (χ3n) is 4.94. The van der Waals surface area contributed by atoms with E-state index in [1.807, 2.05) is 0 Å². The second kappa shape index (κ2) is 7.56. The molecule has 1 unspecified atom stereocenters. The molecule has 2 N–H and O–H groups in total. The van der Waals surface area contributed by atoms with Crippen LogP contribution in [-0.4, -0.2) is 74.6 Å². The molecule has 0 aromatic heterocycles. The quantitative estimate of drug-likeness (QED) is 0.726. The molecule has 0 aliphatic carbocycles. The predicted octanol–water partition coefficient (Wildman–Crippen LogP) is 0.518. The molecular weight excluding hydrogens is 264 g/mol. The summed E-state index contributed by atoms with van der Waals surface area (Å²) in [7, 11) is 2.18. The van der Waals surface area contributed by atoms with Crippen molar-refractivity contribution < 1.29 is 4.79 Å². The van der Waals surface area contributed by atoms with Crippen molar-refractivity contribution in [1.82, 2.24) is 20.4 Å². The molecule has 2 fully saturated rings. The van der Waals surface area contributed by atoms with Gasteiger partial charge in [-0.3, -0.25) is 4.79 Å². The summed E-state index contributed by atoms with van der Waals surface area (Å²) >= 11 is 0. The normalized spacial score (nSPS) is 27.5. The van der Waals surface area contributed by atoms with Crippen LogP contribution in [0.2, 0.25) is 0 Å². The van der Waals surface area contributed by atoms with Gasteiger partial charge in [-0.15, -0.1) is 0 Å². The van der Waals surface area contributed by atoms with E-state index in [-0.39, 0.29) is 17.4 Å². The van der Waals surface area contributed by atoms with E-state index < -0.39 is 0 Å². The van der Waals surface area contributed by atoms with Crippen LogP contribution in [0.4, 0.5) is 0 Å². The van der Waals surface area contributed by atoms with Crippen molar-refractivity contribution in [3.05, 3.63) is 0 Å². The van der Waals surface area contributed by atoms with Gasteiger partial charge in [0.2, 0.25) is 5.91 Å². The van der Waals surface area contributed by atoms with E-state index in [0.717, 1.165) is 58.7 Å². The van der Waals surface area contributed by atoms with Gasteiger partial charge in [0.05, 0.1) is 6.04 Å². The molecule has 21 heavy (non-hydrogen) atoms. The van der Waals surface area contributed by atoms with Crippen LogP contribution in [0, 0.1) is 5.41 Å². The number of carbonyl (C=O) groups excluding carboxylic acids is 1. The highest BCUT2D eigenvalue weighted by atomic mass is 16.2. The van der Waals surface area contributed by atoms with Gasteiger partial charge in [0.15, 0.2) is 0 Å². The maximum atomic E-state index is 12.3. The zero-order valence-electron chi connectivity index (χ0n) is 14.0. The number of piperidine rings is 1. The van der Waals surface area contributed by atoms with Gasteiger partial charge < -0.3 is 20.4 Å². The third kappa shape index (κ3) is 4.94. The lowest BCUT2D eigenvalue weighted by Gasteiger charge is -2.38. The van der Waals surface area contributed by atoms with E-state index in [1.165, 1.54) is 6.42 Å². The van der Waals surface area contributed by atoms with Crippen molar-refractivity contribution in [2.24, 2.45) is 5.41 Å². The second-order valence-electron chi connectivity index (χ2n) is 7.27. The smallest absolute Gasteiger partial charge is 0.237 e. The number of carbonyl (C=O) groups is 1. The monoisotopic (exact) mass is 296 g/mol. The van der Waals surface area contributed by atoms with Crippen LogP contribution < -0.4 is 10.6 Å². The molecule has 5 nitrogen and oxygen atoms in total. The third-order valence-corrected chi connectivity index (χ3v) is 4.94. The Morgan fingerprint density at radius 1 is 1.29 bits per heavy atom. The minimum absolute atomic E-state index is 0.0325. The summed E-state index contributed by atoms with van der Waals surface area (Å²) in [6.45, 7) is 11.8. The molecule has 1 atom stereocenters. The van der Waals surface area contributed by atoms with Crippen LogP contribution >= 0.6 is 0 Å². The van der Waals surface area contributed by atoms with E-state index in [2.05, 4.69) is 41.3 Å². The number of amides is 1. The fourth-order valence-corrected chi connectivity index (χ4v) is 3.35. The van der Waals surface area contributed by atoms with Gasteiger partial charge in [-0.25, -0.2) is 0 Å². The number of hydrogen-bond donors (Lipinski definition) is 2. The average molecular weight is 296 g/mol. The fourth-order valence-electron chi connectivity index (χ4n) is 3.35. The van der Waals surface area contributed by atoms with Crippen LogP contribution in [-0.2, 0) is 4.79 Å². The molecule has 5 heteroatoms. The highest BCUT2D eigenvalue weighted by molar-refractivity contribution is 5.82. The van der Waals surface area contributed by atoms with E-state index >= 15 is 0 Å². The Hall–Kier alpha value is -0.650. The Morgan fingerprint density at radius 3 is 2.67 bits per heavy atom. The lowest BCUT2D eigenvalue weighted by molar-refractivity contribution is -0.126. The topological polar surface area (TPSA) is 47.6 Å². The summed E-state index contributed by atoms with van der Waals surface area (Å²) < 4.78 is 0. The summed E-state index contributed by atoms with van der Waals surface area (Å²) in [5.74, 6) is 0.179. The molecule has 2 heterocycles. The molecule has 2 aliphatic rings. The fraction of sp³-hybridized carbons (Fsp3) is 0.938. The van der Waals surface area contributed by atoms with Crippen LogP contribution in [0.15, 0.2) is 0 Å². The van der Waals surface area contributed by atoms with Crippen LogP contribution in [0.5, 0.6) is 0 Å². The van der Waals surface area contributed by atoms with Gasteiger partial charge in [-0.05, 0) is 44.8 Å². The Labute approximate surface area is 129 Å². The molecule has 2 saturated heterocycles. The van der Waals surface area contributed by atoms with Crippen molar-refractivity contribution in [1.29, 1.82) is 0 Å². The number of nitrogens with one attached hydrogen (secondary N) is 2. The molecule has 0 spiro atoms. The van der Waals surface area contributed by atoms with Gasteiger partial charge in [-0.2, -0.15) is 0 Å². The van der Waals surface area contributed by atoms with Crippen LogP contribution in [0.3, 0.4) is 0 Å². The predicted molar refractivity (Wildman–Crippen MR) is 86.4 cm³/mol. The van der Waals surface area contributed by atoms with Gasteiger partial charge in [0.25, 0.3) is 0 Å². The lowest BCUT2D eigenvalue weighted by atomic mass is 9.77. The molecule has 0 radical (unpaired) electrons. The van der Waals surface area contributed by atoms with Gasteiger partial charge in [0.1, 0.15) is 0 Å². The van der Waals surface area contributed by atoms with Crippen molar-refractivity contribution in [3.8, 4) is 0 Å². The van der Waals surface area contributed by atoms with Crippen molar-refractivity contribution in [2.45, 2.75) is 39.2 Å². The van der Waals surface area contributed by atoms with Crippen LogP contribution in [0.25, 0.3) is 0 Å². The van der Waals surface area contributed by atoms with E-state index in [9.17, 15) is 4.79 Å². The standard InChI is InChI=1S/C16H32N4O/c1-16(2)6-4-7-17-14(16)15(21)18-8-5-9-20-12-10-19(3)11-13-20/h14,17H,4-13H2,1-3H3,(H,18,21). The minimum atomic E-state index is -0.0325. The average Bonchev–Trinajstić information content (AvgIpc) is 2.45. The highest BCUT2D eigenvalue weighted by Gasteiger charge is 2.36. The molecule has 0 bridgehead atoms. The molecule has 0 aromatic rings. The first kappa shape index (κ1) is 16.7. The Bertz CT molecular complexity index is 337. The zero-order valence-corrected chi connectivity index (χ0v) is 14.0. The maximum absolute atomic E-state index is 12.3. The Morgan fingerprint density at radius 2 is 2.00 bits per heavy atom. The number of nitrogens with zero attached hydrogens (tertiary/aromatic N) is 2. The number of piperazine rings is 1. The highest BCUT2D eigenvalue weighted by Crippen LogP contribution is 2.29. The second-order valence-corrected chi connectivity index (χ2v) is 7.27. The molecular formula is C16H32N4O. The number of hydrogen-bond acceptors (Lipinski definition) is 4. The van der Waals surface area contributed by atoms with Gasteiger partial charge in [-0.1, -0.05) is 13.8 Å². The molecule has 0 aromatic carbocycles. The summed E-state index contributed by atoms with van der Waals surface area (Å²) in [4.78, 5) is 17.2. The molecule has 2 aliphatic heterocycles. The van der Waals surface area contributed by atoms with Crippen LogP contribution in [0.1, 0.15) is 33.1 Å². The van der Waals surface area contributed by atoms with E-state index in [0.29, 0.717) is 0 Å². The summed E-state index contributed by atoms with van der Waals surface area (Å²) in [5, 5.41) is 6.49. The number of likely N-dealkylation sites (N-methyl/N-ethyl adjacent to an activating group) is 1. The summed E-state index contributed by atoms with van der Waals surface area (Å²) in [6.07, 6.45) is 3.34. The first-order valence-corrected chi connectivity index (χ1v) is 8.41. The molecule has 1 amide bonds. The zero-order chi connectivity index (χ0) is 15.3. The van der Waals surface area contributed by atoms with E-state index in [1.54, 1.807) is 0 Å². The van der Waals surface area contributed by atoms with Gasteiger partial charge >= 0.3 is 0 Å². The molecule has 0 saturated carbocycles.